The van der Waals surface area contributed by atoms with E-state index in [0.717, 1.165) is 4.90 Å². The van der Waals surface area contributed by atoms with E-state index in [2.05, 4.69) is 10.3 Å². The van der Waals surface area contributed by atoms with Crippen molar-refractivity contribution in [2.24, 2.45) is 0 Å². The number of nitrogens with zero attached hydrogens (tertiary/aromatic N) is 1. The third-order valence-corrected chi connectivity index (χ3v) is 3.14. The summed E-state index contributed by atoms with van der Waals surface area (Å²) in [6, 6.07) is 9.50. The van der Waals surface area contributed by atoms with Gasteiger partial charge in [0.2, 0.25) is 5.91 Å². The number of aromatic nitrogens is 1. The molecule has 0 fully saturated rings. The molecule has 0 unspecified atom stereocenters. The van der Waals surface area contributed by atoms with Gasteiger partial charge in [0.15, 0.2) is 0 Å². The van der Waals surface area contributed by atoms with Crippen LogP contribution in [0.4, 0.5) is 10.1 Å². The number of pyridine rings is 1. The number of carbonyl (C=O) groups excluding carboxylic acids is 1. The molecule has 0 bridgehead atoms. The van der Waals surface area contributed by atoms with Crippen LogP contribution in [0.1, 0.15) is 0 Å². The number of hydrogen-bond acceptors (Lipinski definition) is 3. The van der Waals surface area contributed by atoms with Gasteiger partial charge in [-0.3, -0.25) is 9.78 Å². The number of rotatable bonds is 4. The second kappa shape index (κ2) is 6.16. The number of benzene rings is 1. The van der Waals surface area contributed by atoms with Crippen LogP contribution in [0, 0.1) is 5.82 Å². The summed E-state index contributed by atoms with van der Waals surface area (Å²) in [5.74, 6) is -0.252. The topological polar surface area (TPSA) is 42.0 Å². The van der Waals surface area contributed by atoms with Crippen molar-refractivity contribution in [3.63, 3.8) is 0 Å². The normalized spacial score (nSPS) is 10.1. The van der Waals surface area contributed by atoms with Crippen LogP contribution in [0.2, 0.25) is 0 Å². The summed E-state index contributed by atoms with van der Waals surface area (Å²) in [7, 11) is 0. The second-order valence-electron chi connectivity index (χ2n) is 3.53. The Kier molecular flexibility index (Phi) is 4.30. The monoisotopic (exact) mass is 262 g/mol. The Hall–Kier alpha value is -1.88. The van der Waals surface area contributed by atoms with Gasteiger partial charge in [0.05, 0.1) is 5.75 Å². The smallest absolute Gasteiger partial charge is 0.234 e. The molecule has 2 aromatic rings. The highest BCUT2D eigenvalue weighted by atomic mass is 32.2. The van der Waals surface area contributed by atoms with E-state index in [1.807, 2.05) is 12.1 Å². The first-order chi connectivity index (χ1) is 8.74. The minimum atomic E-state index is -0.366. The van der Waals surface area contributed by atoms with E-state index >= 15 is 0 Å². The third kappa shape index (κ3) is 3.85. The molecule has 18 heavy (non-hydrogen) atoms. The van der Waals surface area contributed by atoms with Crippen molar-refractivity contribution in [3.8, 4) is 0 Å². The molecule has 0 saturated carbocycles. The summed E-state index contributed by atoms with van der Waals surface area (Å²) in [5.41, 5.74) is 0.468. The van der Waals surface area contributed by atoms with E-state index in [1.165, 1.54) is 23.9 Å². The lowest BCUT2D eigenvalue weighted by Crippen LogP contribution is -2.13. The molecular weight excluding hydrogens is 251 g/mol. The summed E-state index contributed by atoms with van der Waals surface area (Å²) < 4.78 is 12.9. The van der Waals surface area contributed by atoms with Gasteiger partial charge in [-0.1, -0.05) is 6.07 Å². The van der Waals surface area contributed by atoms with Crippen molar-refractivity contribution in [3.05, 3.63) is 54.6 Å². The van der Waals surface area contributed by atoms with Crippen molar-refractivity contribution in [2.75, 3.05) is 11.1 Å². The number of hydrogen-bond donors (Lipinski definition) is 1. The fourth-order valence-electron chi connectivity index (χ4n) is 1.35. The van der Waals surface area contributed by atoms with E-state index < -0.39 is 0 Å². The van der Waals surface area contributed by atoms with Crippen molar-refractivity contribution < 1.29 is 9.18 Å². The van der Waals surface area contributed by atoms with E-state index in [1.54, 1.807) is 24.5 Å². The largest absolute Gasteiger partial charge is 0.325 e. The molecule has 5 heteroatoms. The molecule has 3 nitrogen and oxygen atoms in total. The predicted octanol–water partition coefficient (Wildman–Crippen LogP) is 2.95. The molecule has 1 aromatic heterocycles. The van der Waals surface area contributed by atoms with Gasteiger partial charge in [0.1, 0.15) is 5.82 Å². The maximum absolute atomic E-state index is 12.9. The van der Waals surface area contributed by atoms with Crippen molar-refractivity contribution in [2.45, 2.75) is 4.90 Å². The van der Waals surface area contributed by atoms with Gasteiger partial charge in [-0.05, 0) is 30.3 Å². The molecule has 92 valence electrons. The third-order valence-electron chi connectivity index (χ3n) is 2.13. The molecule has 0 aliphatic heterocycles. The molecule has 0 spiro atoms. The van der Waals surface area contributed by atoms with Crippen LogP contribution >= 0.6 is 11.8 Å². The molecule has 0 radical (unpaired) electrons. The molecule has 0 aliphatic carbocycles. The van der Waals surface area contributed by atoms with Gasteiger partial charge in [-0.2, -0.15) is 0 Å². The van der Waals surface area contributed by atoms with E-state index in [0.29, 0.717) is 5.69 Å². The summed E-state index contributed by atoms with van der Waals surface area (Å²) in [6.45, 7) is 0. The van der Waals surface area contributed by atoms with Crippen LogP contribution < -0.4 is 5.32 Å². The molecule has 0 aliphatic rings. The van der Waals surface area contributed by atoms with Gasteiger partial charge in [-0.25, -0.2) is 4.39 Å². The number of anilines is 1. The average molecular weight is 262 g/mol. The SMILES string of the molecule is O=C(CSc1ccncc1)Nc1cccc(F)c1. The fraction of sp³-hybridized carbons (Fsp3) is 0.0769. The molecular formula is C13H11FN2OS. The van der Waals surface area contributed by atoms with Crippen LogP contribution in [0.25, 0.3) is 0 Å². The van der Waals surface area contributed by atoms with Gasteiger partial charge >= 0.3 is 0 Å². The van der Waals surface area contributed by atoms with Crippen molar-refractivity contribution in [1.29, 1.82) is 0 Å². The highest BCUT2D eigenvalue weighted by molar-refractivity contribution is 8.00. The first-order valence-electron chi connectivity index (χ1n) is 5.32. The predicted molar refractivity (Wildman–Crippen MR) is 70.0 cm³/mol. The molecule has 2 rings (SSSR count). The summed E-state index contributed by atoms with van der Waals surface area (Å²) >= 11 is 1.41. The Morgan fingerprint density at radius 3 is 2.78 bits per heavy atom. The van der Waals surface area contributed by atoms with Crippen molar-refractivity contribution in [1.82, 2.24) is 4.98 Å². The van der Waals surface area contributed by atoms with Crippen LogP contribution in [-0.2, 0) is 4.79 Å². The number of carbonyl (C=O) groups is 1. The molecule has 1 N–H and O–H groups in total. The standard InChI is InChI=1S/C13H11FN2OS/c14-10-2-1-3-11(8-10)16-13(17)9-18-12-4-6-15-7-5-12/h1-8H,9H2,(H,16,17). The fourth-order valence-corrected chi connectivity index (χ4v) is 2.03. The molecule has 1 aromatic carbocycles. The molecule has 1 amide bonds. The Balaban J connectivity index is 1.86. The van der Waals surface area contributed by atoms with Gasteiger partial charge in [0.25, 0.3) is 0 Å². The van der Waals surface area contributed by atoms with Gasteiger partial charge in [0, 0.05) is 23.0 Å². The zero-order chi connectivity index (χ0) is 12.8. The Morgan fingerprint density at radius 2 is 2.06 bits per heavy atom. The van der Waals surface area contributed by atoms with Crippen molar-refractivity contribution >= 4 is 23.4 Å². The minimum Gasteiger partial charge on any atom is -0.325 e. The van der Waals surface area contributed by atoms with Crippen LogP contribution in [0.3, 0.4) is 0 Å². The highest BCUT2D eigenvalue weighted by Gasteiger charge is 2.04. The van der Waals surface area contributed by atoms with Crippen LogP contribution in [0.15, 0.2) is 53.7 Å². The highest BCUT2D eigenvalue weighted by Crippen LogP contribution is 2.17. The number of amides is 1. The maximum Gasteiger partial charge on any atom is 0.234 e. The van der Waals surface area contributed by atoms with E-state index in [9.17, 15) is 9.18 Å². The Labute approximate surface area is 108 Å². The first kappa shape index (κ1) is 12.6. The van der Waals surface area contributed by atoms with Crippen LogP contribution in [0.5, 0.6) is 0 Å². The minimum absolute atomic E-state index is 0.164. The summed E-state index contributed by atoms with van der Waals surface area (Å²) in [4.78, 5) is 16.5. The maximum atomic E-state index is 12.9. The quantitative estimate of drug-likeness (QED) is 0.861. The summed E-state index contributed by atoms with van der Waals surface area (Å²) in [6.07, 6.45) is 3.35. The van der Waals surface area contributed by atoms with Gasteiger partial charge in [-0.15, -0.1) is 11.8 Å². The zero-order valence-electron chi connectivity index (χ0n) is 9.47. The number of thioether (sulfide) groups is 1. The molecule has 0 saturated heterocycles. The average Bonchev–Trinajstić information content (AvgIpc) is 2.38. The number of nitrogens with one attached hydrogen (secondary N) is 1. The zero-order valence-corrected chi connectivity index (χ0v) is 10.3. The molecule has 0 atom stereocenters. The summed E-state index contributed by atoms with van der Waals surface area (Å²) in [5, 5.41) is 2.64. The Morgan fingerprint density at radius 1 is 1.28 bits per heavy atom. The lowest BCUT2D eigenvalue weighted by molar-refractivity contribution is -0.113. The molecule has 1 heterocycles. The lowest BCUT2D eigenvalue weighted by atomic mass is 10.3. The first-order valence-corrected chi connectivity index (χ1v) is 6.31. The Bertz CT molecular complexity index is 534. The number of halogens is 1. The van der Waals surface area contributed by atoms with Gasteiger partial charge < -0.3 is 5.32 Å². The lowest BCUT2D eigenvalue weighted by Gasteiger charge is -2.05. The van der Waals surface area contributed by atoms with E-state index in [-0.39, 0.29) is 17.5 Å². The van der Waals surface area contributed by atoms with E-state index in [4.69, 9.17) is 0 Å². The second-order valence-corrected chi connectivity index (χ2v) is 4.58. The van der Waals surface area contributed by atoms with Crippen LogP contribution in [-0.4, -0.2) is 16.6 Å².